The largest absolute Gasteiger partial charge is 0.496 e. The fourth-order valence-corrected chi connectivity index (χ4v) is 3.65. The van der Waals surface area contributed by atoms with Gasteiger partial charge in [0.15, 0.2) is 0 Å². The van der Waals surface area contributed by atoms with Crippen LogP contribution in [0.3, 0.4) is 0 Å². The highest BCUT2D eigenvalue weighted by atomic mass is 32.2. The summed E-state index contributed by atoms with van der Waals surface area (Å²) in [6, 6.07) is 16.1. The molecule has 26 heavy (non-hydrogen) atoms. The van der Waals surface area contributed by atoms with Crippen LogP contribution in [0.4, 0.5) is 5.69 Å². The van der Waals surface area contributed by atoms with E-state index < -0.39 is 0 Å². The molecular weight excluding hydrogens is 346 g/mol. The number of ether oxygens (including phenoxy) is 1. The van der Waals surface area contributed by atoms with Crippen molar-refractivity contribution in [2.75, 3.05) is 44.9 Å². The molecule has 1 saturated heterocycles. The number of nitrogens with zero attached hydrogens (tertiary/aromatic N) is 1. The summed E-state index contributed by atoms with van der Waals surface area (Å²) in [4.78, 5) is 15.9. The van der Waals surface area contributed by atoms with Crippen molar-refractivity contribution in [1.29, 1.82) is 0 Å². The van der Waals surface area contributed by atoms with Crippen LogP contribution in [-0.4, -0.2) is 50.4 Å². The molecule has 0 aliphatic carbocycles. The normalized spacial score (nSPS) is 17.7. The number of thioether (sulfide) groups is 1. The first-order valence-electron chi connectivity index (χ1n) is 8.73. The number of hydrogen-bond acceptors (Lipinski definition) is 5. The fourth-order valence-electron chi connectivity index (χ4n) is 3.24. The quantitative estimate of drug-likeness (QED) is 0.765. The van der Waals surface area contributed by atoms with Gasteiger partial charge >= 0.3 is 0 Å². The summed E-state index contributed by atoms with van der Waals surface area (Å²) in [5, 5.41) is 6.42. The third-order valence-corrected chi connectivity index (χ3v) is 5.32. The van der Waals surface area contributed by atoms with E-state index in [0.717, 1.165) is 36.6 Å². The second kappa shape index (κ2) is 9.07. The highest BCUT2D eigenvalue weighted by molar-refractivity contribution is 7.98. The summed E-state index contributed by atoms with van der Waals surface area (Å²) < 4.78 is 5.51. The van der Waals surface area contributed by atoms with Gasteiger partial charge in [0.1, 0.15) is 5.75 Å². The number of amides is 1. The lowest BCUT2D eigenvalue weighted by molar-refractivity contribution is -0.118. The molecule has 138 valence electrons. The fraction of sp³-hybridized carbons (Fsp3) is 0.350. The maximum atomic E-state index is 12.6. The molecule has 0 radical (unpaired) electrons. The molecule has 0 spiro atoms. The van der Waals surface area contributed by atoms with Gasteiger partial charge in [-0.2, -0.15) is 0 Å². The Morgan fingerprint density at radius 1 is 1.27 bits per heavy atom. The summed E-state index contributed by atoms with van der Waals surface area (Å²) in [5.74, 6) is 0.864. The standard InChI is InChI=1S/C20H25N3O2S/c1-25-19-6-4-3-5-17(19)18-13-21-11-12-23(18)14-20(24)22-15-7-9-16(26-2)10-8-15/h3-10,18,21H,11-14H2,1-2H3,(H,22,24). The van der Waals surface area contributed by atoms with Gasteiger partial charge < -0.3 is 15.4 Å². The molecule has 0 saturated carbocycles. The zero-order valence-corrected chi connectivity index (χ0v) is 16.0. The third kappa shape index (κ3) is 4.58. The molecule has 6 heteroatoms. The van der Waals surface area contributed by atoms with E-state index in [-0.39, 0.29) is 11.9 Å². The first-order valence-corrected chi connectivity index (χ1v) is 9.95. The van der Waals surface area contributed by atoms with Crippen LogP contribution < -0.4 is 15.4 Å². The molecule has 1 heterocycles. The summed E-state index contributed by atoms with van der Waals surface area (Å²) in [6.07, 6.45) is 2.04. The molecule has 1 aliphatic rings. The van der Waals surface area contributed by atoms with Gasteiger partial charge in [-0.05, 0) is 36.6 Å². The van der Waals surface area contributed by atoms with Crippen molar-refractivity contribution in [2.24, 2.45) is 0 Å². The molecule has 1 atom stereocenters. The predicted molar refractivity (Wildman–Crippen MR) is 107 cm³/mol. The molecule has 2 aromatic carbocycles. The van der Waals surface area contributed by atoms with Crippen LogP contribution in [0.25, 0.3) is 0 Å². The van der Waals surface area contributed by atoms with Gasteiger partial charge in [0.2, 0.25) is 5.91 Å². The summed E-state index contributed by atoms with van der Waals surface area (Å²) >= 11 is 1.69. The highest BCUT2D eigenvalue weighted by Gasteiger charge is 2.27. The average Bonchev–Trinajstić information content (AvgIpc) is 2.69. The minimum Gasteiger partial charge on any atom is -0.496 e. The number of hydrogen-bond donors (Lipinski definition) is 2. The number of carbonyl (C=O) groups is 1. The van der Waals surface area contributed by atoms with Gasteiger partial charge in [0.25, 0.3) is 0 Å². The number of methoxy groups -OCH3 is 1. The average molecular weight is 372 g/mol. The first kappa shape index (κ1) is 18.8. The van der Waals surface area contributed by atoms with Crippen LogP contribution in [0, 0.1) is 0 Å². The zero-order valence-electron chi connectivity index (χ0n) is 15.2. The molecule has 2 aromatic rings. The Hall–Kier alpha value is -2.02. The van der Waals surface area contributed by atoms with Gasteiger partial charge in [-0.3, -0.25) is 9.69 Å². The number of anilines is 1. The Bertz CT molecular complexity index is 736. The van der Waals surface area contributed by atoms with Crippen LogP contribution in [0.2, 0.25) is 0 Å². The van der Waals surface area contributed by atoms with E-state index >= 15 is 0 Å². The Kier molecular flexibility index (Phi) is 6.55. The Morgan fingerprint density at radius 3 is 2.77 bits per heavy atom. The van der Waals surface area contributed by atoms with Crippen molar-refractivity contribution in [3.63, 3.8) is 0 Å². The predicted octanol–water partition coefficient (Wildman–Crippen LogP) is 3.00. The van der Waals surface area contributed by atoms with Crippen molar-refractivity contribution in [3.8, 4) is 5.75 Å². The number of carbonyl (C=O) groups excluding carboxylic acids is 1. The molecule has 1 fully saturated rings. The number of benzene rings is 2. The van der Waals surface area contributed by atoms with Crippen molar-refractivity contribution in [3.05, 3.63) is 54.1 Å². The van der Waals surface area contributed by atoms with E-state index in [2.05, 4.69) is 21.6 Å². The molecule has 1 aliphatic heterocycles. The van der Waals surface area contributed by atoms with Crippen LogP contribution in [0.15, 0.2) is 53.4 Å². The topological polar surface area (TPSA) is 53.6 Å². The molecule has 0 aromatic heterocycles. The Morgan fingerprint density at radius 2 is 2.04 bits per heavy atom. The SMILES string of the molecule is COc1ccccc1C1CNCCN1CC(=O)Nc1ccc(SC)cc1. The molecule has 2 N–H and O–H groups in total. The van der Waals surface area contributed by atoms with E-state index in [9.17, 15) is 4.79 Å². The second-order valence-corrected chi connectivity index (χ2v) is 7.09. The highest BCUT2D eigenvalue weighted by Crippen LogP contribution is 2.30. The Labute approximate surface area is 159 Å². The van der Waals surface area contributed by atoms with Gasteiger partial charge in [-0.25, -0.2) is 0 Å². The van der Waals surface area contributed by atoms with Gasteiger partial charge in [0.05, 0.1) is 19.7 Å². The minimum atomic E-state index is 0.00343. The zero-order chi connectivity index (χ0) is 18.4. The molecule has 3 rings (SSSR count). The lowest BCUT2D eigenvalue weighted by Crippen LogP contribution is -2.48. The van der Waals surface area contributed by atoms with Gasteiger partial charge in [-0.15, -0.1) is 11.8 Å². The lowest BCUT2D eigenvalue weighted by Gasteiger charge is -2.36. The molecule has 1 amide bonds. The van der Waals surface area contributed by atoms with E-state index in [1.165, 1.54) is 4.90 Å². The van der Waals surface area contributed by atoms with Crippen molar-refractivity contribution in [2.45, 2.75) is 10.9 Å². The molecular formula is C20H25N3O2S. The van der Waals surface area contributed by atoms with Crippen molar-refractivity contribution >= 4 is 23.4 Å². The minimum absolute atomic E-state index is 0.00343. The van der Waals surface area contributed by atoms with E-state index in [4.69, 9.17) is 4.74 Å². The van der Waals surface area contributed by atoms with E-state index in [1.54, 1.807) is 18.9 Å². The smallest absolute Gasteiger partial charge is 0.238 e. The van der Waals surface area contributed by atoms with Crippen LogP contribution in [0.1, 0.15) is 11.6 Å². The van der Waals surface area contributed by atoms with Crippen LogP contribution in [-0.2, 0) is 4.79 Å². The number of piperazine rings is 1. The number of para-hydroxylation sites is 1. The number of nitrogens with one attached hydrogen (secondary N) is 2. The molecule has 0 bridgehead atoms. The maximum Gasteiger partial charge on any atom is 0.238 e. The van der Waals surface area contributed by atoms with Crippen molar-refractivity contribution < 1.29 is 9.53 Å². The third-order valence-electron chi connectivity index (χ3n) is 4.57. The maximum absolute atomic E-state index is 12.6. The summed E-state index contributed by atoms with van der Waals surface area (Å²) in [7, 11) is 1.68. The first-order chi connectivity index (χ1) is 12.7. The summed E-state index contributed by atoms with van der Waals surface area (Å²) in [5.41, 5.74) is 1.94. The Balaban J connectivity index is 1.68. The van der Waals surface area contributed by atoms with Gasteiger partial charge in [-0.1, -0.05) is 18.2 Å². The lowest BCUT2D eigenvalue weighted by atomic mass is 10.0. The number of rotatable bonds is 6. The van der Waals surface area contributed by atoms with E-state index in [0.29, 0.717) is 6.54 Å². The monoisotopic (exact) mass is 371 g/mol. The van der Waals surface area contributed by atoms with Crippen LogP contribution >= 0.6 is 11.8 Å². The van der Waals surface area contributed by atoms with Crippen LogP contribution in [0.5, 0.6) is 5.75 Å². The van der Waals surface area contributed by atoms with Gasteiger partial charge in [0, 0.05) is 35.8 Å². The molecule has 5 nitrogen and oxygen atoms in total. The summed E-state index contributed by atoms with van der Waals surface area (Å²) in [6.45, 7) is 2.85. The second-order valence-electron chi connectivity index (χ2n) is 6.21. The van der Waals surface area contributed by atoms with E-state index in [1.807, 2.05) is 48.7 Å². The van der Waals surface area contributed by atoms with Crippen molar-refractivity contribution in [1.82, 2.24) is 10.2 Å². The molecule has 1 unspecified atom stereocenters.